The Morgan fingerprint density at radius 1 is 1.11 bits per heavy atom. The van der Waals surface area contributed by atoms with Gasteiger partial charge < -0.3 is 15.0 Å². The summed E-state index contributed by atoms with van der Waals surface area (Å²) in [5.74, 6) is 0. The van der Waals surface area contributed by atoms with Gasteiger partial charge in [0.25, 0.3) is 0 Å². The third-order valence-corrected chi connectivity index (χ3v) is 4.02. The number of likely N-dealkylation sites (tertiary alicyclic amines) is 1. The van der Waals surface area contributed by atoms with Crippen molar-refractivity contribution in [2.24, 2.45) is 5.73 Å². The number of carbonyl (C=O) groups excluding carboxylic acids is 1. The summed E-state index contributed by atoms with van der Waals surface area (Å²) in [4.78, 5) is 10.5. The van der Waals surface area contributed by atoms with Crippen LogP contribution in [0.5, 0.6) is 0 Å². The van der Waals surface area contributed by atoms with Gasteiger partial charge in [-0.05, 0) is 32.1 Å². The monoisotopic (exact) mass is 257 g/mol. The van der Waals surface area contributed by atoms with Crippen molar-refractivity contribution in [3.05, 3.63) is 0 Å². The molecule has 18 heavy (non-hydrogen) atoms. The molecule has 4 nitrogen and oxygen atoms in total. The van der Waals surface area contributed by atoms with Crippen molar-refractivity contribution < 1.29 is 14.0 Å². The van der Waals surface area contributed by atoms with E-state index in [1.54, 1.807) is 0 Å². The fourth-order valence-electron chi connectivity index (χ4n) is 3.01. The number of nitrogens with zero attached hydrogens (tertiary/aromatic N) is 1. The van der Waals surface area contributed by atoms with Gasteiger partial charge in [-0.3, -0.25) is 0 Å². The van der Waals surface area contributed by atoms with E-state index in [1.807, 2.05) is 0 Å². The minimum atomic E-state index is -0.647. The molecule has 0 aromatic rings. The van der Waals surface area contributed by atoms with Crippen LogP contribution in [0.1, 0.15) is 51.9 Å². The first-order valence-corrected chi connectivity index (χ1v) is 7.46. The van der Waals surface area contributed by atoms with Gasteiger partial charge in [0.05, 0.1) is 32.8 Å². The summed E-state index contributed by atoms with van der Waals surface area (Å²) in [6, 6.07) is 0. The van der Waals surface area contributed by atoms with Crippen LogP contribution in [-0.4, -0.2) is 43.4 Å². The normalized spacial score (nSPS) is 18.5. The summed E-state index contributed by atoms with van der Waals surface area (Å²) in [6.07, 6.45) is 8.31. The molecule has 0 aliphatic carbocycles. The summed E-state index contributed by atoms with van der Waals surface area (Å²) in [5.41, 5.74) is 4.98. The van der Waals surface area contributed by atoms with Gasteiger partial charge in [0, 0.05) is 6.42 Å². The predicted octanol–water partition coefficient (Wildman–Crippen LogP) is 2.66. The molecule has 0 saturated carbocycles. The van der Waals surface area contributed by atoms with Crippen LogP contribution in [0.4, 0.5) is 4.79 Å². The molecule has 106 valence electrons. The molecule has 1 aliphatic heterocycles. The molecule has 1 saturated heterocycles. The first-order chi connectivity index (χ1) is 8.68. The number of hydrogen-bond donors (Lipinski definition) is 1. The van der Waals surface area contributed by atoms with Gasteiger partial charge in [0.2, 0.25) is 0 Å². The highest BCUT2D eigenvalue weighted by Crippen LogP contribution is 2.21. The standard InChI is InChI=1S/C14H28N2O2/c1-2-3-5-9-16(10-6-4-7-11-16)12-8-13-18-14(15)17/h2-13H2,1H3,(H-,15,17)/p+1. The van der Waals surface area contributed by atoms with E-state index in [9.17, 15) is 4.79 Å². The van der Waals surface area contributed by atoms with Crippen LogP contribution >= 0.6 is 0 Å². The van der Waals surface area contributed by atoms with E-state index in [0.717, 1.165) is 13.0 Å². The third-order valence-electron chi connectivity index (χ3n) is 4.02. The molecule has 1 rings (SSSR count). The van der Waals surface area contributed by atoms with Crippen molar-refractivity contribution >= 4 is 6.09 Å². The number of primary amides is 1. The van der Waals surface area contributed by atoms with E-state index in [-0.39, 0.29) is 0 Å². The summed E-state index contributed by atoms with van der Waals surface area (Å²) in [7, 11) is 0. The number of ether oxygens (including phenoxy) is 1. The van der Waals surface area contributed by atoms with E-state index in [1.165, 1.54) is 62.6 Å². The first-order valence-electron chi connectivity index (χ1n) is 7.46. The van der Waals surface area contributed by atoms with E-state index in [4.69, 9.17) is 10.5 Å². The lowest BCUT2D eigenvalue weighted by Crippen LogP contribution is -2.52. The molecule has 0 spiro atoms. The molecule has 2 N–H and O–H groups in total. The zero-order valence-electron chi connectivity index (χ0n) is 11.8. The van der Waals surface area contributed by atoms with E-state index in [2.05, 4.69) is 6.92 Å². The topological polar surface area (TPSA) is 52.3 Å². The SMILES string of the molecule is CCCCC[N+]1(CCCOC(N)=O)CCCCC1. The van der Waals surface area contributed by atoms with Crippen LogP contribution in [0.2, 0.25) is 0 Å². The lowest BCUT2D eigenvalue weighted by molar-refractivity contribution is -0.932. The highest BCUT2D eigenvalue weighted by atomic mass is 16.5. The first kappa shape index (κ1) is 15.3. The molecular formula is C14H29N2O2+. The van der Waals surface area contributed by atoms with Crippen molar-refractivity contribution in [3.63, 3.8) is 0 Å². The molecule has 0 bridgehead atoms. The molecule has 0 unspecified atom stereocenters. The molecular weight excluding hydrogens is 228 g/mol. The van der Waals surface area contributed by atoms with Gasteiger partial charge in [0.15, 0.2) is 0 Å². The van der Waals surface area contributed by atoms with Crippen molar-refractivity contribution in [1.82, 2.24) is 0 Å². The maximum absolute atomic E-state index is 10.5. The van der Waals surface area contributed by atoms with Gasteiger partial charge in [0.1, 0.15) is 0 Å². The summed E-state index contributed by atoms with van der Waals surface area (Å²) in [6.45, 7) is 7.77. The number of hydrogen-bond acceptors (Lipinski definition) is 2. The van der Waals surface area contributed by atoms with Gasteiger partial charge in [-0.15, -0.1) is 0 Å². The van der Waals surface area contributed by atoms with Crippen molar-refractivity contribution in [2.75, 3.05) is 32.8 Å². The highest BCUT2D eigenvalue weighted by Gasteiger charge is 2.28. The quantitative estimate of drug-likeness (QED) is 0.537. The highest BCUT2D eigenvalue weighted by molar-refractivity contribution is 5.64. The van der Waals surface area contributed by atoms with Crippen LogP contribution in [0.25, 0.3) is 0 Å². The van der Waals surface area contributed by atoms with Gasteiger partial charge in [-0.1, -0.05) is 13.3 Å². The number of unbranched alkanes of at least 4 members (excludes halogenated alkanes) is 2. The average Bonchev–Trinajstić information content (AvgIpc) is 2.36. The Morgan fingerprint density at radius 3 is 2.39 bits per heavy atom. The Hall–Kier alpha value is -0.770. The predicted molar refractivity (Wildman–Crippen MR) is 73.3 cm³/mol. The lowest BCUT2D eigenvalue weighted by Gasteiger charge is -2.42. The number of rotatable bonds is 8. The second-order valence-electron chi connectivity index (χ2n) is 5.52. The van der Waals surface area contributed by atoms with Crippen molar-refractivity contribution in [3.8, 4) is 0 Å². The number of piperidine rings is 1. The second-order valence-corrected chi connectivity index (χ2v) is 5.52. The van der Waals surface area contributed by atoms with Crippen LogP contribution < -0.4 is 5.73 Å². The molecule has 0 atom stereocenters. The number of amides is 1. The van der Waals surface area contributed by atoms with E-state index in [0.29, 0.717) is 6.61 Å². The summed E-state index contributed by atoms with van der Waals surface area (Å²) < 4.78 is 6.07. The Labute approximate surface area is 111 Å². The second kappa shape index (κ2) is 8.35. The smallest absolute Gasteiger partial charge is 0.404 e. The fourth-order valence-corrected chi connectivity index (χ4v) is 3.01. The summed E-state index contributed by atoms with van der Waals surface area (Å²) in [5, 5.41) is 0. The number of nitrogens with two attached hydrogens (primary N) is 1. The molecule has 1 amide bonds. The zero-order chi connectivity index (χ0) is 13.3. The van der Waals surface area contributed by atoms with E-state index >= 15 is 0 Å². The Kier molecular flexibility index (Phi) is 7.09. The molecule has 1 aliphatic rings. The van der Waals surface area contributed by atoms with Crippen LogP contribution in [0, 0.1) is 0 Å². The molecule has 1 heterocycles. The molecule has 4 heteroatoms. The average molecular weight is 257 g/mol. The zero-order valence-corrected chi connectivity index (χ0v) is 11.8. The van der Waals surface area contributed by atoms with Crippen molar-refractivity contribution in [2.45, 2.75) is 51.9 Å². The lowest BCUT2D eigenvalue weighted by atomic mass is 10.1. The Balaban J connectivity index is 2.31. The largest absolute Gasteiger partial charge is 0.449 e. The van der Waals surface area contributed by atoms with Crippen LogP contribution in [0.3, 0.4) is 0 Å². The van der Waals surface area contributed by atoms with Gasteiger partial charge in [-0.25, -0.2) is 4.79 Å². The van der Waals surface area contributed by atoms with E-state index < -0.39 is 6.09 Å². The maximum atomic E-state index is 10.5. The fraction of sp³-hybridized carbons (Fsp3) is 0.929. The van der Waals surface area contributed by atoms with Crippen molar-refractivity contribution in [1.29, 1.82) is 0 Å². The molecule has 0 aromatic carbocycles. The molecule has 1 fully saturated rings. The Bertz CT molecular complexity index is 238. The van der Waals surface area contributed by atoms with Crippen LogP contribution in [0.15, 0.2) is 0 Å². The number of carbonyl (C=O) groups is 1. The van der Waals surface area contributed by atoms with Gasteiger partial charge in [-0.2, -0.15) is 0 Å². The summed E-state index contributed by atoms with van der Waals surface area (Å²) >= 11 is 0. The molecule has 0 aromatic heterocycles. The van der Waals surface area contributed by atoms with Crippen LogP contribution in [-0.2, 0) is 4.74 Å². The third kappa shape index (κ3) is 5.71. The minimum Gasteiger partial charge on any atom is -0.449 e. The minimum absolute atomic E-state index is 0.475. The van der Waals surface area contributed by atoms with Gasteiger partial charge >= 0.3 is 6.09 Å². The maximum Gasteiger partial charge on any atom is 0.404 e. The molecule has 0 radical (unpaired) electrons. The number of quaternary nitrogens is 1. The Morgan fingerprint density at radius 2 is 1.78 bits per heavy atom.